The highest BCUT2D eigenvalue weighted by Crippen LogP contribution is 2.41. The second-order valence-corrected chi connectivity index (χ2v) is 4.82. The molecule has 2 aromatic heterocycles. The van der Waals surface area contributed by atoms with Gasteiger partial charge in [-0.15, -0.1) is 10.2 Å². The van der Waals surface area contributed by atoms with Crippen molar-refractivity contribution in [2.75, 3.05) is 0 Å². The summed E-state index contributed by atoms with van der Waals surface area (Å²) in [5, 5.41) is 43.3. The number of rotatable bonds is 1. The lowest BCUT2D eigenvalue weighted by Gasteiger charge is -2.06. The predicted molar refractivity (Wildman–Crippen MR) is 78.7 cm³/mol. The fourth-order valence-corrected chi connectivity index (χ4v) is 2.41. The summed E-state index contributed by atoms with van der Waals surface area (Å²) >= 11 is 0. The topological polar surface area (TPSA) is 104 Å². The molecule has 0 amide bonds. The molecule has 0 aliphatic heterocycles. The summed E-state index contributed by atoms with van der Waals surface area (Å²) < 4.78 is 1.48. The van der Waals surface area contributed by atoms with Crippen LogP contribution in [0.3, 0.4) is 0 Å². The number of benzene rings is 2. The molecule has 108 valence electrons. The number of nitrogens with zero attached hydrogens (tertiary/aromatic N) is 4. The predicted octanol–water partition coefficient (Wildman–Crippen LogP) is 2.06. The molecule has 2 aromatic carbocycles. The van der Waals surface area contributed by atoms with Crippen molar-refractivity contribution in [2.24, 2.45) is 0 Å². The first-order chi connectivity index (χ1) is 10.7. The van der Waals surface area contributed by atoms with Crippen molar-refractivity contribution in [3.63, 3.8) is 0 Å². The van der Waals surface area contributed by atoms with E-state index in [9.17, 15) is 15.3 Å². The summed E-state index contributed by atoms with van der Waals surface area (Å²) in [6.45, 7) is 0. The third-order valence-corrected chi connectivity index (χ3v) is 3.53. The normalized spacial score (nSPS) is 11.3. The zero-order valence-electron chi connectivity index (χ0n) is 11.2. The Balaban J connectivity index is 2.05. The van der Waals surface area contributed by atoms with Gasteiger partial charge in [0.15, 0.2) is 23.0 Å². The van der Waals surface area contributed by atoms with E-state index in [1.165, 1.54) is 16.6 Å². The monoisotopic (exact) mass is 294 g/mol. The molecule has 0 unspecified atom stereocenters. The number of hydrogen-bond donors (Lipinski definition) is 3. The number of aromatic hydroxyl groups is 3. The molecule has 22 heavy (non-hydrogen) atoms. The lowest BCUT2D eigenvalue weighted by Crippen LogP contribution is -1.95. The molecule has 3 N–H and O–H groups in total. The van der Waals surface area contributed by atoms with Crippen LogP contribution < -0.4 is 0 Å². The fourth-order valence-electron chi connectivity index (χ4n) is 2.41. The Hall–Kier alpha value is -3.35. The third-order valence-electron chi connectivity index (χ3n) is 3.53. The minimum atomic E-state index is -0.602. The number of phenols is 3. The molecule has 4 aromatic rings. The average molecular weight is 294 g/mol. The van der Waals surface area contributed by atoms with E-state index in [0.29, 0.717) is 5.65 Å². The number of hydrogen-bond acceptors (Lipinski definition) is 6. The largest absolute Gasteiger partial charge is 0.504 e. The van der Waals surface area contributed by atoms with Gasteiger partial charge in [0, 0.05) is 10.8 Å². The van der Waals surface area contributed by atoms with E-state index in [-0.39, 0.29) is 11.4 Å². The molecule has 7 nitrogen and oxygen atoms in total. The maximum absolute atomic E-state index is 10.0. The molecule has 7 heteroatoms. The SMILES string of the molecule is Oc1ccc(-c2nnc3c4ccccc4cnn23)c(O)c1O. The van der Waals surface area contributed by atoms with Gasteiger partial charge in [-0.05, 0) is 12.1 Å². The molecule has 0 saturated heterocycles. The van der Waals surface area contributed by atoms with Crippen molar-refractivity contribution in [1.29, 1.82) is 0 Å². The van der Waals surface area contributed by atoms with Crippen LogP contribution in [0.25, 0.3) is 27.8 Å². The van der Waals surface area contributed by atoms with Crippen LogP contribution in [0.4, 0.5) is 0 Å². The van der Waals surface area contributed by atoms with Crippen LogP contribution in [-0.4, -0.2) is 35.1 Å². The molecule has 4 rings (SSSR count). The van der Waals surface area contributed by atoms with Crippen LogP contribution in [0.5, 0.6) is 17.2 Å². The van der Waals surface area contributed by atoms with E-state index < -0.39 is 17.2 Å². The first-order valence-electron chi connectivity index (χ1n) is 6.50. The first kappa shape index (κ1) is 12.4. The van der Waals surface area contributed by atoms with Crippen molar-refractivity contribution in [3.8, 4) is 28.6 Å². The molecule has 0 spiro atoms. The van der Waals surface area contributed by atoms with Gasteiger partial charge >= 0.3 is 0 Å². The number of fused-ring (bicyclic) bond motifs is 3. The minimum Gasteiger partial charge on any atom is -0.504 e. The zero-order chi connectivity index (χ0) is 15.3. The Morgan fingerprint density at radius 2 is 1.68 bits per heavy atom. The van der Waals surface area contributed by atoms with Gasteiger partial charge in [0.25, 0.3) is 0 Å². The van der Waals surface area contributed by atoms with Crippen LogP contribution >= 0.6 is 0 Å². The van der Waals surface area contributed by atoms with Crippen molar-refractivity contribution in [2.45, 2.75) is 0 Å². The second-order valence-electron chi connectivity index (χ2n) is 4.82. The third kappa shape index (κ3) is 1.59. The van der Waals surface area contributed by atoms with Crippen molar-refractivity contribution in [3.05, 3.63) is 42.6 Å². The molecular weight excluding hydrogens is 284 g/mol. The van der Waals surface area contributed by atoms with Gasteiger partial charge in [-0.3, -0.25) is 0 Å². The van der Waals surface area contributed by atoms with Gasteiger partial charge in [0.05, 0.1) is 11.8 Å². The van der Waals surface area contributed by atoms with Gasteiger partial charge < -0.3 is 15.3 Å². The summed E-state index contributed by atoms with van der Waals surface area (Å²) in [5.74, 6) is -1.21. The second kappa shape index (κ2) is 4.32. The Morgan fingerprint density at radius 1 is 0.864 bits per heavy atom. The van der Waals surface area contributed by atoms with Gasteiger partial charge in [-0.2, -0.15) is 9.61 Å². The summed E-state index contributed by atoms with van der Waals surface area (Å²) in [5.41, 5.74) is 0.769. The van der Waals surface area contributed by atoms with E-state index in [0.717, 1.165) is 10.8 Å². The van der Waals surface area contributed by atoms with Crippen LogP contribution in [0.2, 0.25) is 0 Å². The molecule has 0 atom stereocenters. The van der Waals surface area contributed by atoms with Gasteiger partial charge in [0.2, 0.25) is 5.75 Å². The van der Waals surface area contributed by atoms with Crippen LogP contribution in [-0.2, 0) is 0 Å². The van der Waals surface area contributed by atoms with Crippen LogP contribution in [0.15, 0.2) is 42.6 Å². The van der Waals surface area contributed by atoms with E-state index in [4.69, 9.17) is 0 Å². The molecule has 0 aliphatic carbocycles. The molecule has 2 heterocycles. The molecule has 0 bridgehead atoms. The summed E-state index contributed by atoms with van der Waals surface area (Å²) in [4.78, 5) is 0. The number of phenolic OH excluding ortho intramolecular Hbond substituents is 3. The quantitative estimate of drug-likeness (QED) is 0.464. The molecule has 0 saturated carbocycles. The van der Waals surface area contributed by atoms with E-state index >= 15 is 0 Å². The Morgan fingerprint density at radius 3 is 2.55 bits per heavy atom. The lowest BCUT2D eigenvalue weighted by molar-refractivity contribution is 0.368. The van der Waals surface area contributed by atoms with Crippen molar-refractivity contribution < 1.29 is 15.3 Å². The Bertz CT molecular complexity index is 1030. The zero-order valence-corrected chi connectivity index (χ0v) is 11.2. The van der Waals surface area contributed by atoms with Crippen molar-refractivity contribution >= 4 is 16.4 Å². The van der Waals surface area contributed by atoms with Gasteiger partial charge in [0.1, 0.15) is 0 Å². The first-order valence-corrected chi connectivity index (χ1v) is 6.50. The van der Waals surface area contributed by atoms with E-state index in [1.807, 2.05) is 24.3 Å². The highest BCUT2D eigenvalue weighted by Gasteiger charge is 2.18. The summed E-state index contributed by atoms with van der Waals surface area (Å²) in [6.07, 6.45) is 1.67. The highest BCUT2D eigenvalue weighted by molar-refractivity contribution is 5.93. The van der Waals surface area contributed by atoms with Gasteiger partial charge in [-0.25, -0.2) is 0 Å². The smallest absolute Gasteiger partial charge is 0.201 e. The summed E-state index contributed by atoms with van der Waals surface area (Å²) in [6, 6.07) is 10.3. The lowest BCUT2D eigenvalue weighted by atomic mass is 10.1. The molecule has 0 aliphatic rings. The average Bonchev–Trinajstić information content (AvgIpc) is 2.97. The standard InChI is InChI=1S/C15H10N4O3/c20-11-6-5-10(12(21)13(11)22)15-18-17-14-9-4-2-1-3-8(9)7-16-19(14)15/h1-7,20-22H. The molecule has 0 fully saturated rings. The maximum Gasteiger partial charge on any atom is 0.201 e. The van der Waals surface area contributed by atoms with Crippen LogP contribution in [0.1, 0.15) is 0 Å². The number of aromatic nitrogens is 4. The van der Waals surface area contributed by atoms with Crippen molar-refractivity contribution in [1.82, 2.24) is 19.8 Å². The highest BCUT2D eigenvalue weighted by atomic mass is 16.3. The molecule has 0 radical (unpaired) electrons. The fraction of sp³-hybridized carbons (Fsp3) is 0. The minimum absolute atomic E-state index is 0.227. The van der Waals surface area contributed by atoms with E-state index in [2.05, 4.69) is 15.3 Å². The van der Waals surface area contributed by atoms with Crippen LogP contribution in [0, 0.1) is 0 Å². The molecular formula is C15H10N4O3. The Labute approximate surface area is 123 Å². The van der Waals surface area contributed by atoms with E-state index in [1.54, 1.807) is 6.20 Å². The maximum atomic E-state index is 10.0. The summed E-state index contributed by atoms with van der Waals surface area (Å²) in [7, 11) is 0. The Kier molecular flexibility index (Phi) is 2.43. The van der Waals surface area contributed by atoms with Gasteiger partial charge in [-0.1, -0.05) is 24.3 Å².